The molecule has 1 aliphatic carbocycles. The van der Waals surface area contributed by atoms with E-state index in [-0.39, 0.29) is 24.2 Å². The zero-order chi connectivity index (χ0) is 21.7. The van der Waals surface area contributed by atoms with E-state index in [4.69, 9.17) is 9.47 Å². The molecule has 30 heavy (non-hydrogen) atoms. The van der Waals surface area contributed by atoms with Gasteiger partial charge in [-0.1, -0.05) is 67.2 Å². The number of thioether (sulfide) groups is 1. The molecule has 0 aromatic heterocycles. The summed E-state index contributed by atoms with van der Waals surface area (Å²) >= 11 is 1.17. The monoisotopic (exact) mass is 427 g/mol. The smallest absolute Gasteiger partial charge is 0.407 e. The topological polar surface area (TPSA) is 64.6 Å². The van der Waals surface area contributed by atoms with Crippen LogP contribution in [-0.4, -0.2) is 41.8 Å². The highest BCUT2D eigenvalue weighted by Crippen LogP contribution is 2.44. The van der Waals surface area contributed by atoms with Gasteiger partial charge in [-0.2, -0.15) is 0 Å². The molecule has 0 fully saturated rings. The third-order valence-corrected chi connectivity index (χ3v) is 5.75. The average molecular weight is 428 g/mol. The highest BCUT2D eigenvalue weighted by Gasteiger charge is 2.30. The lowest BCUT2D eigenvalue weighted by atomic mass is 9.98. The van der Waals surface area contributed by atoms with Gasteiger partial charge in [-0.05, 0) is 48.8 Å². The molecule has 0 radical (unpaired) electrons. The lowest BCUT2D eigenvalue weighted by Crippen LogP contribution is -2.45. The molecular weight excluding hydrogens is 398 g/mol. The lowest BCUT2D eigenvalue weighted by molar-refractivity contribution is -0.115. The summed E-state index contributed by atoms with van der Waals surface area (Å²) in [6.07, 6.45) is -0.607. The number of amides is 1. The molecule has 0 heterocycles. The number of hydrogen-bond acceptors (Lipinski definition) is 5. The van der Waals surface area contributed by atoms with E-state index in [0.717, 1.165) is 11.1 Å². The van der Waals surface area contributed by atoms with E-state index < -0.39 is 17.7 Å². The maximum atomic E-state index is 12.5. The van der Waals surface area contributed by atoms with Crippen molar-refractivity contribution >= 4 is 23.0 Å². The maximum Gasteiger partial charge on any atom is 0.407 e. The third-order valence-electron chi connectivity index (χ3n) is 4.89. The minimum absolute atomic E-state index is 0.0202. The van der Waals surface area contributed by atoms with E-state index in [0.29, 0.717) is 5.75 Å². The minimum Gasteiger partial charge on any atom is -0.449 e. The van der Waals surface area contributed by atoms with Gasteiger partial charge in [-0.25, -0.2) is 4.79 Å². The van der Waals surface area contributed by atoms with Crippen LogP contribution in [0.3, 0.4) is 0 Å². The number of carbonyl (C=O) groups excluding carboxylic acids is 2. The molecule has 160 valence electrons. The normalized spacial score (nSPS) is 14.0. The lowest BCUT2D eigenvalue weighted by Gasteiger charge is -2.24. The first-order valence-electron chi connectivity index (χ1n) is 10.2. The van der Waals surface area contributed by atoms with Crippen molar-refractivity contribution < 1.29 is 19.1 Å². The van der Waals surface area contributed by atoms with Crippen LogP contribution in [0.15, 0.2) is 48.5 Å². The Morgan fingerprint density at radius 1 is 1.03 bits per heavy atom. The van der Waals surface area contributed by atoms with Gasteiger partial charge in [0.05, 0.1) is 12.2 Å². The van der Waals surface area contributed by atoms with Crippen molar-refractivity contribution in [2.45, 2.75) is 45.3 Å². The van der Waals surface area contributed by atoms with Gasteiger partial charge in [0.15, 0.2) is 0 Å². The molecule has 1 amide bonds. The van der Waals surface area contributed by atoms with Gasteiger partial charge in [0.1, 0.15) is 12.6 Å². The second kappa shape index (κ2) is 9.67. The summed E-state index contributed by atoms with van der Waals surface area (Å²) in [5, 5.41) is 2.56. The fourth-order valence-electron chi connectivity index (χ4n) is 3.53. The molecule has 0 spiro atoms. The highest BCUT2D eigenvalue weighted by molar-refractivity contribution is 8.13. The molecule has 5 nitrogen and oxygen atoms in total. The van der Waals surface area contributed by atoms with Crippen LogP contribution in [0.25, 0.3) is 11.1 Å². The molecule has 6 heteroatoms. The Labute approximate surface area is 182 Å². The number of hydrogen-bond donors (Lipinski definition) is 1. The predicted molar refractivity (Wildman–Crippen MR) is 121 cm³/mol. The van der Waals surface area contributed by atoms with Crippen molar-refractivity contribution in [1.29, 1.82) is 0 Å². The first-order valence-corrected chi connectivity index (χ1v) is 11.2. The Morgan fingerprint density at radius 2 is 1.60 bits per heavy atom. The number of alkyl carbamates (subject to hydrolysis) is 1. The molecule has 0 saturated heterocycles. The van der Waals surface area contributed by atoms with Crippen molar-refractivity contribution in [3.05, 3.63) is 59.7 Å². The molecule has 1 aliphatic rings. The van der Waals surface area contributed by atoms with Crippen LogP contribution in [0.5, 0.6) is 0 Å². The fourth-order valence-corrected chi connectivity index (χ4v) is 4.14. The molecule has 2 aromatic carbocycles. The standard InChI is InChI=1S/C24H29NO4S/c1-5-30-22(26)21(15-29-24(2,3)4)25-23(27)28-14-20-18-12-8-6-10-16(18)17-11-7-9-13-19(17)20/h6-13,20-21H,5,14-15H2,1-4H3,(H,25,27)/t21-/m0/s1. The van der Waals surface area contributed by atoms with E-state index in [2.05, 4.69) is 29.6 Å². The van der Waals surface area contributed by atoms with Crippen molar-refractivity contribution in [2.24, 2.45) is 0 Å². The Hall–Kier alpha value is -2.31. The van der Waals surface area contributed by atoms with E-state index in [1.165, 1.54) is 22.9 Å². The van der Waals surface area contributed by atoms with Gasteiger partial charge in [0.2, 0.25) is 5.12 Å². The zero-order valence-corrected chi connectivity index (χ0v) is 18.8. The molecule has 3 rings (SSSR count). The Morgan fingerprint density at radius 3 is 2.13 bits per heavy atom. The van der Waals surface area contributed by atoms with E-state index >= 15 is 0 Å². The summed E-state index contributed by atoms with van der Waals surface area (Å²) < 4.78 is 11.3. The second-order valence-corrected chi connectivity index (χ2v) is 9.47. The summed E-state index contributed by atoms with van der Waals surface area (Å²) in [4.78, 5) is 24.9. The van der Waals surface area contributed by atoms with Crippen LogP contribution < -0.4 is 5.32 Å². The molecule has 2 aromatic rings. The number of nitrogens with one attached hydrogen (secondary N) is 1. The van der Waals surface area contributed by atoms with Crippen LogP contribution in [-0.2, 0) is 14.3 Å². The van der Waals surface area contributed by atoms with Gasteiger partial charge in [0, 0.05) is 5.92 Å². The SMILES string of the molecule is CCSC(=O)[C@H](COC(C)(C)C)NC(=O)OCC1c2ccccc2-c2ccccc21. The molecule has 0 bridgehead atoms. The van der Waals surface area contributed by atoms with Crippen LogP contribution in [0, 0.1) is 0 Å². The van der Waals surface area contributed by atoms with E-state index in [9.17, 15) is 9.59 Å². The van der Waals surface area contributed by atoms with Crippen molar-refractivity contribution in [3.8, 4) is 11.1 Å². The van der Waals surface area contributed by atoms with Crippen molar-refractivity contribution in [2.75, 3.05) is 19.0 Å². The first kappa shape index (κ1) is 22.4. The molecule has 1 N–H and O–H groups in total. The van der Waals surface area contributed by atoms with Crippen LogP contribution in [0.4, 0.5) is 4.79 Å². The van der Waals surface area contributed by atoms with Crippen LogP contribution in [0.1, 0.15) is 44.7 Å². The molecule has 1 atom stereocenters. The Kier molecular flexibility index (Phi) is 7.21. The van der Waals surface area contributed by atoms with Crippen LogP contribution >= 0.6 is 11.8 Å². The van der Waals surface area contributed by atoms with Crippen LogP contribution in [0.2, 0.25) is 0 Å². The van der Waals surface area contributed by atoms with E-state index in [1.54, 1.807) is 0 Å². The predicted octanol–water partition coefficient (Wildman–Crippen LogP) is 4.99. The third kappa shape index (κ3) is 5.43. The number of rotatable bonds is 7. The van der Waals surface area contributed by atoms with Gasteiger partial charge >= 0.3 is 6.09 Å². The number of benzene rings is 2. The highest BCUT2D eigenvalue weighted by atomic mass is 32.2. The van der Waals surface area contributed by atoms with Gasteiger partial charge in [0.25, 0.3) is 0 Å². The number of fused-ring (bicyclic) bond motifs is 3. The quantitative estimate of drug-likeness (QED) is 0.674. The summed E-state index contributed by atoms with van der Waals surface area (Å²) in [6.45, 7) is 7.96. The zero-order valence-electron chi connectivity index (χ0n) is 17.9. The summed E-state index contributed by atoms with van der Waals surface area (Å²) in [5.41, 5.74) is 4.24. The Bertz CT molecular complexity index is 861. The largest absolute Gasteiger partial charge is 0.449 e. The second-order valence-electron chi connectivity index (χ2n) is 8.20. The summed E-state index contributed by atoms with van der Waals surface area (Å²) in [5.74, 6) is 0.616. The van der Waals surface area contributed by atoms with Gasteiger partial charge < -0.3 is 14.8 Å². The van der Waals surface area contributed by atoms with Gasteiger partial charge in [-0.3, -0.25) is 4.79 Å². The Balaban J connectivity index is 1.66. The molecular formula is C24H29NO4S. The van der Waals surface area contributed by atoms with Crippen molar-refractivity contribution in [1.82, 2.24) is 5.32 Å². The molecule has 0 saturated carbocycles. The van der Waals surface area contributed by atoms with Crippen molar-refractivity contribution in [3.63, 3.8) is 0 Å². The summed E-state index contributed by atoms with van der Waals surface area (Å²) in [7, 11) is 0. The molecule has 0 unspecified atom stereocenters. The first-order chi connectivity index (χ1) is 14.3. The minimum atomic E-state index is -0.746. The number of ether oxygens (including phenoxy) is 2. The molecule has 0 aliphatic heterocycles. The number of carbonyl (C=O) groups is 2. The van der Waals surface area contributed by atoms with Gasteiger partial charge in [-0.15, -0.1) is 0 Å². The summed E-state index contributed by atoms with van der Waals surface area (Å²) in [6, 6.07) is 15.6. The average Bonchev–Trinajstić information content (AvgIpc) is 3.03. The maximum absolute atomic E-state index is 12.5. The van der Waals surface area contributed by atoms with E-state index in [1.807, 2.05) is 52.0 Å². The fraction of sp³-hybridized carbons (Fsp3) is 0.417.